The zero-order chi connectivity index (χ0) is 20.7. The largest absolute Gasteiger partial charge is 0.390 e. The van der Waals surface area contributed by atoms with Gasteiger partial charge in [0.25, 0.3) is 0 Å². The highest BCUT2D eigenvalue weighted by molar-refractivity contribution is 6.01. The predicted molar refractivity (Wildman–Crippen MR) is 99.6 cm³/mol. The van der Waals surface area contributed by atoms with Crippen molar-refractivity contribution in [3.8, 4) is 0 Å². The Morgan fingerprint density at radius 3 is 2.64 bits per heavy atom. The Kier molecular flexibility index (Phi) is 4.15. The highest BCUT2D eigenvalue weighted by atomic mass is 19.1. The summed E-state index contributed by atoms with van der Waals surface area (Å²) in [6.07, 6.45) is 5.47. The fourth-order valence-electron chi connectivity index (χ4n) is 7.01. The summed E-state index contributed by atoms with van der Waals surface area (Å²) in [5, 5.41) is 31.9. The maximum atomic E-state index is 16.8. The van der Waals surface area contributed by atoms with Crippen LogP contribution in [-0.4, -0.2) is 50.9 Å². The second-order valence-electron chi connectivity index (χ2n) is 9.58. The average Bonchev–Trinajstić information content (AvgIpc) is 2.84. The van der Waals surface area contributed by atoms with E-state index in [1.165, 1.54) is 12.2 Å². The van der Waals surface area contributed by atoms with Gasteiger partial charge in [-0.2, -0.15) is 0 Å². The lowest BCUT2D eigenvalue weighted by Crippen LogP contribution is -2.69. The lowest BCUT2D eigenvalue weighted by molar-refractivity contribution is -0.216. The Labute approximate surface area is 164 Å². The van der Waals surface area contributed by atoms with Crippen molar-refractivity contribution in [2.45, 2.75) is 57.4 Å². The van der Waals surface area contributed by atoms with Gasteiger partial charge in [-0.15, -0.1) is 0 Å². The Balaban J connectivity index is 1.84. The van der Waals surface area contributed by atoms with E-state index in [0.29, 0.717) is 18.4 Å². The number of aliphatic hydroxyl groups excluding tert-OH is 2. The smallest absolute Gasteiger partial charge is 0.190 e. The summed E-state index contributed by atoms with van der Waals surface area (Å²) in [5.41, 5.74) is -5.41. The summed E-state index contributed by atoms with van der Waals surface area (Å²) < 4.78 is 16.8. The van der Waals surface area contributed by atoms with Gasteiger partial charge >= 0.3 is 0 Å². The van der Waals surface area contributed by atoms with Crippen LogP contribution in [0.1, 0.15) is 40.0 Å². The van der Waals surface area contributed by atoms with Crippen molar-refractivity contribution < 1.29 is 29.3 Å². The van der Waals surface area contributed by atoms with Crippen LogP contribution >= 0.6 is 0 Å². The second kappa shape index (κ2) is 5.83. The monoisotopic (exact) mass is 391 g/mol. The zero-order valence-electron chi connectivity index (χ0n) is 16.5. The number of carbonyl (C=O) groups is 2. The second-order valence-corrected chi connectivity index (χ2v) is 9.58. The highest BCUT2D eigenvalue weighted by Gasteiger charge is 2.75. The maximum absolute atomic E-state index is 16.8. The van der Waals surface area contributed by atoms with E-state index in [1.807, 2.05) is 6.42 Å². The molecule has 6 heteroatoms. The fraction of sp³-hybridized carbons (Fsp3) is 0.682. The number of alkyl halides is 1. The van der Waals surface area contributed by atoms with E-state index in [-0.39, 0.29) is 18.1 Å². The van der Waals surface area contributed by atoms with Crippen LogP contribution in [0.3, 0.4) is 0 Å². The molecule has 0 heterocycles. The van der Waals surface area contributed by atoms with Crippen LogP contribution in [0.4, 0.5) is 4.39 Å². The maximum Gasteiger partial charge on any atom is 0.190 e. The summed E-state index contributed by atoms with van der Waals surface area (Å²) >= 11 is 0. The molecule has 0 aromatic rings. The standard InChI is InChI=1S/C22H28FO5/c1-12-8-16-15-5-4-13-9-14(25)6-7-19(13,2)21(15,23)17(26)10-20(16,3)22(12,28)18(27)11-24/h4,6-7,9,12,15-17,24,26,28H,5,8,10-11H2,1-3H3/t12-,15?,16?,17+,19+,20+,21+,22+/m1/s1. The van der Waals surface area contributed by atoms with E-state index < -0.39 is 52.4 Å². The van der Waals surface area contributed by atoms with Gasteiger partial charge in [-0.05, 0) is 62.2 Å². The number of carbonyl (C=O) groups excluding carboxylic acids is 2. The number of Topliss-reactive ketones (excluding diaryl/α,β-unsaturated/α-hetero) is 1. The summed E-state index contributed by atoms with van der Waals surface area (Å²) in [6.45, 7) is 4.42. The van der Waals surface area contributed by atoms with Crippen LogP contribution in [0.25, 0.3) is 0 Å². The van der Waals surface area contributed by atoms with E-state index in [2.05, 4.69) is 0 Å². The Bertz CT molecular complexity index is 805. The lowest BCUT2D eigenvalue weighted by atomic mass is 9.44. The van der Waals surface area contributed by atoms with Gasteiger partial charge < -0.3 is 15.3 Å². The molecule has 5 nitrogen and oxygen atoms in total. The molecular weight excluding hydrogens is 363 g/mol. The molecular formula is C22H28FO5. The first-order valence-corrected chi connectivity index (χ1v) is 9.99. The summed E-state index contributed by atoms with van der Waals surface area (Å²) in [7, 11) is 0. The molecule has 0 bridgehead atoms. The molecule has 4 aliphatic rings. The van der Waals surface area contributed by atoms with E-state index in [9.17, 15) is 24.9 Å². The van der Waals surface area contributed by atoms with E-state index in [4.69, 9.17) is 0 Å². The SMILES string of the molecule is C[C@@H]1CC2C3C[CH]C4=CC(=O)C=C[C@]4(C)[C@@]3(F)[C@@H](O)C[C@]2(C)[C@@]1(O)C(=O)CO. The molecule has 3 fully saturated rings. The first-order valence-electron chi connectivity index (χ1n) is 9.99. The van der Waals surface area contributed by atoms with Gasteiger partial charge in [-0.3, -0.25) is 9.59 Å². The molecule has 4 aliphatic carbocycles. The van der Waals surface area contributed by atoms with Crippen molar-refractivity contribution in [1.82, 2.24) is 0 Å². The molecule has 8 atom stereocenters. The summed E-state index contributed by atoms with van der Waals surface area (Å²) in [4.78, 5) is 24.4. The molecule has 0 aliphatic heterocycles. The number of halogens is 1. The predicted octanol–water partition coefficient (Wildman–Crippen LogP) is 1.71. The van der Waals surface area contributed by atoms with Crippen LogP contribution in [0.5, 0.6) is 0 Å². The van der Waals surface area contributed by atoms with Crippen LogP contribution < -0.4 is 0 Å². The molecule has 28 heavy (non-hydrogen) atoms. The van der Waals surface area contributed by atoms with Crippen molar-refractivity contribution in [3.05, 3.63) is 30.2 Å². The van der Waals surface area contributed by atoms with Crippen LogP contribution in [0.15, 0.2) is 23.8 Å². The zero-order valence-corrected chi connectivity index (χ0v) is 16.5. The van der Waals surface area contributed by atoms with Crippen LogP contribution in [0, 0.1) is 35.0 Å². The van der Waals surface area contributed by atoms with Gasteiger partial charge in [0.05, 0.1) is 6.10 Å². The molecule has 0 amide bonds. The molecule has 3 saturated carbocycles. The third-order valence-corrected chi connectivity index (χ3v) is 8.57. The Hall–Kier alpha value is -1.37. The first-order chi connectivity index (χ1) is 13.0. The van der Waals surface area contributed by atoms with Gasteiger partial charge in [0, 0.05) is 16.7 Å². The Morgan fingerprint density at radius 1 is 1.32 bits per heavy atom. The number of aliphatic hydroxyl groups is 3. The van der Waals surface area contributed by atoms with Gasteiger partial charge in [0.15, 0.2) is 17.2 Å². The molecule has 4 rings (SSSR count). The van der Waals surface area contributed by atoms with Crippen molar-refractivity contribution in [2.75, 3.05) is 6.61 Å². The van der Waals surface area contributed by atoms with Crippen molar-refractivity contribution in [2.24, 2.45) is 28.6 Å². The third-order valence-electron chi connectivity index (χ3n) is 8.57. The number of fused-ring (bicyclic) bond motifs is 5. The quantitative estimate of drug-likeness (QED) is 0.666. The number of ketones is 2. The van der Waals surface area contributed by atoms with Crippen LogP contribution in [0.2, 0.25) is 0 Å². The van der Waals surface area contributed by atoms with Crippen molar-refractivity contribution >= 4 is 11.6 Å². The van der Waals surface area contributed by atoms with E-state index in [1.54, 1.807) is 26.8 Å². The topological polar surface area (TPSA) is 94.8 Å². The Morgan fingerprint density at radius 2 is 2.00 bits per heavy atom. The molecule has 1 radical (unpaired) electrons. The van der Waals surface area contributed by atoms with Crippen molar-refractivity contribution in [1.29, 1.82) is 0 Å². The molecule has 0 spiro atoms. The third kappa shape index (κ3) is 2.01. The lowest BCUT2D eigenvalue weighted by Gasteiger charge is -2.62. The summed E-state index contributed by atoms with van der Waals surface area (Å²) in [6, 6.07) is 0. The molecule has 153 valence electrons. The minimum atomic E-state index is -2.01. The van der Waals surface area contributed by atoms with Gasteiger partial charge in [0.1, 0.15) is 12.2 Å². The minimum absolute atomic E-state index is 0.0814. The number of hydrogen-bond donors (Lipinski definition) is 3. The van der Waals surface area contributed by atoms with Gasteiger partial charge in [0.2, 0.25) is 0 Å². The molecule has 0 aromatic carbocycles. The fourth-order valence-corrected chi connectivity index (χ4v) is 7.01. The van der Waals surface area contributed by atoms with Gasteiger partial charge in [-0.1, -0.05) is 19.9 Å². The first kappa shape index (κ1) is 19.9. The van der Waals surface area contributed by atoms with Gasteiger partial charge in [-0.25, -0.2) is 4.39 Å². The van der Waals surface area contributed by atoms with E-state index >= 15 is 4.39 Å². The molecule has 0 aromatic heterocycles. The highest BCUT2D eigenvalue weighted by Crippen LogP contribution is 2.70. The molecule has 2 unspecified atom stereocenters. The molecule has 3 N–H and O–H groups in total. The minimum Gasteiger partial charge on any atom is -0.390 e. The molecule has 0 saturated heterocycles. The van der Waals surface area contributed by atoms with Crippen molar-refractivity contribution in [3.63, 3.8) is 0 Å². The number of hydrogen-bond acceptors (Lipinski definition) is 5. The number of rotatable bonds is 2. The summed E-state index contributed by atoms with van der Waals surface area (Å²) in [5.74, 6) is -2.26. The van der Waals surface area contributed by atoms with E-state index in [0.717, 1.165) is 0 Å². The average molecular weight is 391 g/mol. The van der Waals surface area contributed by atoms with Crippen LogP contribution in [-0.2, 0) is 9.59 Å². The normalized spacial score (nSPS) is 52.5. The number of allylic oxidation sites excluding steroid dienone is 4.